The average molecular weight is 229 g/mol. The molecule has 0 bridgehead atoms. The van der Waals surface area contributed by atoms with Crippen LogP contribution >= 0.6 is 0 Å². The number of benzene rings is 1. The van der Waals surface area contributed by atoms with Crippen LogP contribution in [0.15, 0.2) is 36.8 Å². The standard InChI is InChI=1S/C13H15N3O/c1-17-11-5-2-10(3-6-11)4-7-13-12(14)8-15-9-16-13/h2-3,5-6,8-9H,4,7,14H2,1H3. The molecule has 1 heterocycles. The van der Waals surface area contributed by atoms with Gasteiger partial charge in [-0.15, -0.1) is 0 Å². The van der Waals surface area contributed by atoms with Crippen LogP contribution < -0.4 is 10.5 Å². The molecule has 4 nitrogen and oxygen atoms in total. The molecular formula is C13H15N3O. The monoisotopic (exact) mass is 229 g/mol. The second-order valence-electron chi connectivity index (χ2n) is 3.77. The molecule has 0 radical (unpaired) electrons. The van der Waals surface area contributed by atoms with Crippen LogP contribution in [0.25, 0.3) is 0 Å². The number of hydrogen-bond acceptors (Lipinski definition) is 4. The van der Waals surface area contributed by atoms with E-state index in [1.165, 1.54) is 11.9 Å². The molecule has 1 aromatic carbocycles. The van der Waals surface area contributed by atoms with Crippen molar-refractivity contribution < 1.29 is 4.74 Å². The van der Waals surface area contributed by atoms with E-state index in [1.54, 1.807) is 13.3 Å². The van der Waals surface area contributed by atoms with Crippen LogP contribution in [0.4, 0.5) is 5.69 Å². The summed E-state index contributed by atoms with van der Waals surface area (Å²) >= 11 is 0. The Morgan fingerprint density at radius 2 is 1.94 bits per heavy atom. The van der Waals surface area contributed by atoms with Gasteiger partial charge in [0, 0.05) is 0 Å². The fourth-order valence-electron chi connectivity index (χ4n) is 1.63. The van der Waals surface area contributed by atoms with Crippen molar-refractivity contribution in [1.82, 2.24) is 9.97 Å². The van der Waals surface area contributed by atoms with Gasteiger partial charge in [0.2, 0.25) is 0 Å². The summed E-state index contributed by atoms with van der Waals surface area (Å²) in [4.78, 5) is 8.04. The van der Waals surface area contributed by atoms with Crippen LogP contribution in [0.3, 0.4) is 0 Å². The molecule has 0 aliphatic rings. The Morgan fingerprint density at radius 1 is 1.18 bits per heavy atom. The molecule has 0 fully saturated rings. The Balaban J connectivity index is 2.00. The van der Waals surface area contributed by atoms with Gasteiger partial charge in [0.15, 0.2) is 0 Å². The van der Waals surface area contributed by atoms with Gasteiger partial charge >= 0.3 is 0 Å². The van der Waals surface area contributed by atoms with E-state index in [-0.39, 0.29) is 0 Å². The van der Waals surface area contributed by atoms with Gasteiger partial charge in [-0.3, -0.25) is 0 Å². The lowest BCUT2D eigenvalue weighted by Crippen LogP contribution is -2.00. The maximum Gasteiger partial charge on any atom is 0.118 e. The van der Waals surface area contributed by atoms with Crippen molar-refractivity contribution in [3.63, 3.8) is 0 Å². The third-order valence-electron chi connectivity index (χ3n) is 2.64. The maximum absolute atomic E-state index is 5.79. The second kappa shape index (κ2) is 5.30. The van der Waals surface area contributed by atoms with Gasteiger partial charge in [0.05, 0.1) is 24.7 Å². The summed E-state index contributed by atoms with van der Waals surface area (Å²) in [6.45, 7) is 0. The Bertz CT molecular complexity index is 482. The largest absolute Gasteiger partial charge is 0.497 e. The van der Waals surface area contributed by atoms with Gasteiger partial charge < -0.3 is 10.5 Å². The van der Waals surface area contributed by atoms with Crippen LogP contribution in [0.2, 0.25) is 0 Å². The lowest BCUT2D eigenvalue weighted by Gasteiger charge is -2.05. The minimum atomic E-state index is 0.654. The number of nitrogen functional groups attached to an aromatic ring is 1. The number of rotatable bonds is 4. The van der Waals surface area contributed by atoms with Crippen molar-refractivity contribution >= 4 is 5.69 Å². The minimum Gasteiger partial charge on any atom is -0.497 e. The summed E-state index contributed by atoms with van der Waals surface area (Å²) in [7, 11) is 1.66. The van der Waals surface area contributed by atoms with E-state index in [4.69, 9.17) is 10.5 Å². The normalized spacial score (nSPS) is 10.2. The topological polar surface area (TPSA) is 61.0 Å². The molecule has 17 heavy (non-hydrogen) atoms. The number of hydrogen-bond donors (Lipinski definition) is 1. The van der Waals surface area contributed by atoms with E-state index >= 15 is 0 Å². The highest BCUT2D eigenvalue weighted by Crippen LogP contribution is 2.14. The van der Waals surface area contributed by atoms with E-state index in [0.717, 1.165) is 24.3 Å². The van der Waals surface area contributed by atoms with Crippen LogP contribution in [0.1, 0.15) is 11.3 Å². The van der Waals surface area contributed by atoms with E-state index in [1.807, 2.05) is 12.1 Å². The molecule has 2 aromatic rings. The number of anilines is 1. The first-order valence-corrected chi connectivity index (χ1v) is 5.47. The molecule has 88 valence electrons. The van der Waals surface area contributed by atoms with Gasteiger partial charge in [0.25, 0.3) is 0 Å². The summed E-state index contributed by atoms with van der Waals surface area (Å²) in [6.07, 6.45) is 4.89. The van der Waals surface area contributed by atoms with Crippen molar-refractivity contribution in [3.05, 3.63) is 48.0 Å². The third-order valence-corrected chi connectivity index (χ3v) is 2.64. The molecule has 0 unspecified atom stereocenters. The van der Waals surface area contributed by atoms with E-state index in [2.05, 4.69) is 22.1 Å². The highest BCUT2D eigenvalue weighted by molar-refractivity contribution is 5.40. The van der Waals surface area contributed by atoms with Crippen molar-refractivity contribution in [1.29, 1.82) is 0 Å². The molecule has 2 rings (SSSR count). The lowest BCUT2D eigenvalue weighted by molar-refractivity contribution is 0.414. The average Bonchev–Trinajstić information content (AvgIpc) is 2.38. The number of aromatic nitrogens is 2. The molecule has 0 atom stereocenters. The quantitative estimate of drug-likeness (QED) is 0.869. The highest BCUT2D eigenvalue weighted by Gasteiger charge is 2.01. The first-order valence-electron chi connectivity index (χ1n) is 5.47. The fourth-order valence-corrected chi connectivity index (χ4v) is 1.63. The summed E-state index contributed by atoms with van der Waals surface area (Å²) < 4.78 is 5.11. The molecule has 0 saturated heterocycles. The Hall–Kier alpha value is -2.10. The molecule has 4 heteroatoms. The minimum absolute atomic E-state index is 0.654. The Labute approximate surface area is 100 Å². The van der Waals surface area contributed by atoms with Gasteiger partial charge in [-0.2, -0.15) is 0 Å². The zero-order chi connectivity index (χ0) is 12.1. The second-order valence-corrected chi connectivity index (χ2v) is 3.77. The summed E-state index contributed by atoms with van der Waals surface area (Å²) in [5, 5.41) is 0. The zero-order valence-corrected chi connectivity index (χ0v) is 9.76. The lowest BCUT2D eigenvalue weighted by atomic mass is 10.1. The number of ether oxygens (including phenoxy) is 1. The highest BCUT2D eigenvalue weighted by atomic mass is 16.5. The smallest absolute Gasteiger partial charge is 0.118 e. The first-order chi connectivity index (χ1) is 8.29. The zero-order valence-electron chi connectivity index (χ0n) is 9.76. The summed E-state index contributed by atoms with van der Waals surface area (Å²) in [5.74, 6) is 0.871. The molecular weight excluding hydrogens is 214 g/mol. The van der Waals surface area contributed by atoms with Gasteiger partial charge in [-0.05, 0) is 30.5 Å². The number of aryl methyl sites for hydroxylation is 2. The van der Waals surface area contributed by atoms with Crippen molar-refractivity contribution in [2.45, 2.75) is 12.8 Å². The maximum atomic E-state index is 5.79. The van der Waals surface area contributed by atoms with Gasteiger partial charge in [-0.25, -0.2) is 9.97 Å². The van der Waals surface area contributed by atoms with E-state index < -0.39 is 0 Å². The SMILES string of the molecule is COc1ccc(CCc2ncncc2N)cc1. The number of methoxy groups -OCH3 is 1. The Kier molecular flexibility index (Phi) is 3.55. The van der Waals surface area contributed by atoms with E-state index in [0.29, 0.717) is 5.69 Å². The van der Waals surface area contributed by atoms with Gasteiger partial charge in [-0.1, -0.05) is 12.1 Å². The molecule has 0 saturated carbocycles. The van der Waals surface area contributed by atoms with E-state index in [9.17, 15) is 0 Å². The van der Waals surface area contributed by atoms with Crippen molar-refractivity contribution in [2.75, 3.05) is 12.8 Å². The molecule has 1 aromatic heterocycles. The molecule has 0 aliphatic heterocycles. The molecule has 0 aliphatic carbocycles. The third kappa shape index (κ3) is 2.93. The van der Waals surface area contributed by atoms with Crippen molar-refractivity contribution in [3.8, 4) is 5.75 Å². The van der Waals surface area contributed by atoms with Gasteiger partial charge in [0.1, 0.15) is 12.1 Å². The summed E-state index contributed by atoms with van der Waals surface area (Å²) in [6, 6.07) is 8.02. The Morgan fingerprint density at radius 3 is 2.59 bits per heavy atom. The number of nitrogens with zero attached hydrogens (tertiary/aromatic N) is 2. The predicted octanol–water partition coefficient (Wildman–Crippen LogP) is 1.85. The fraction of sp³-hybridized carbons (Fsp3) is 0.231. The molecule has 0 spiro atoms. The first kappa shape index (κ1) is 11.4. The van der Waals surface area contributed by atoms with Crippen LogP contribution in [0.5, 0.6) is 5.75 Å². The van der Waals surface area contributed by atoms with Crippen LogP contribution in [-0.4, -0.2) is 17.1 Å². The van der Waals surface area contributed by atoms with Crippen LogP contribution in [0, 0.1) is 0 Å². The molecule has 0 amide bonds. The predicted molar refractivity (Wildman–Crippen MR) is 66.8 cm³/mol. The van der Waals surface area contributed by atoms with Crippen molar-refractivity contribution in [2.24, 2.45) is 0 Å². The summed E-state index contributed by atoms with van der Waals surface area (Å²) in [5.41, 5.74) is 8.58. The molecule has 2 N–H and O–H groups in total. The number of nitrogens with two attached hydrogens (primary N) is 1. The van der Waals surface area contributed by atoms with Crippen LogP contribution in [-0.2, 0) is 12.8 Å².